The maximum atomic E-state index is 2.67. The van der Waals surface area contributed by atoms with E-state index in [1.54, 1.807) is 33.4 Å². The van der Waals surface area contributed by atoms with E-state index in [9.17, 15) is 0 Å². The van der Waals surface area contributed by atoms with Crippen molar-refractivity contribution >= 4 is 7.92 Å². The molecule has 2 aliphatic carbocycles. The third-order valence-corrected chi connectivity index (χ3v) is 13.8. The van der Waals surface area contributed by atoms with Gasteiger partial charge in [0, 0.05) is 0 Å². The Balaban J connectivity index is 1.78. The van der Waals surface area contributed by atoms with Gasteiger partial charge in [0.2, 0.25) is 0 Å². The van der Waals surface area contributed by atoms with Crippen molar-refractivity contribution in [3.8, 4) is 11.1 Å². The van der Waals surface area contributed by atoms with Gasteiger partial charge in [-0.1, -0.05) is 117 Å². The summed E-state index contributed by atoms with van der Waals surface area (Å²) in [5, 5.41) is 0.529. The molecule has 1 spiro atoms. The molecule has 2 atom stereocenters. The second-order valence-electron chi connectivity index (χ2n) is 12.3. The molecule has 34 heavy (non-hydrogen) atoms. The fraction of sp³-hybridized carbons (Fsp3) is 0.636. The largest absolute Gasteiger partial charge is 0.0920 e. The van der Waals surface area contributed by atoms with E-state index >= 15 is 0 Å². The van der Waals surface area contributed by atoms with Crippen LogP contribution in [0.3, 0.4) is 0 Å². The lowest BCUT2D eigenvalue weighted by atomic mass is 9.72. The molecule has 3 aliphatic rings. The lowest BCUT2D eigenvalue weighted by molar-refractivity contribution is 0.341. The molecule has 0 aromatic heterocycles. The molecular formula is C33H47P. The lowest BCUT2D eigenvalue weighted by Gasteiger charge is -2.53. The van der Waals surface area contributed by atoms with Crippen LogP contribution in [0, 0.1) is 0 Å². The molecule has 5 rings (SSSR count). The Bertz CT molecular complexity index is 988. The summed E-state index contributed by atoms with van der Waals surface area (Å²) in [4.78, 5) is 0. The summed E-state index contributed by atoms with van der Waals surface area (Å²) in [5.74, 6) is 1.80. The van der Waals surface area contributed by atoms with Crippen molar-refractivity contribution in [2.24, 2.45) is 0 Å². The Morgan fingerprint density at radius 2 is 1.50 bits per heavy atom. The van der Waals surface area contributed by atoms with Gasteiger partial charge in [0.1, 0.15) is 0 Å². The third-order valence-electron chi connectivity index (χ3n) is 9.72. The molecule has 184 valence electrons. The number of fused-ring (bicyclic) bond motifs is 3. The summed E-state index contributed by atoms with van der Waals surface area (Å²) in [6.45, 7) is 12.3. The van der Waals surface area contributed by atoms with E-state index in [1.165, 1.54) is 70.4 Å². The van der Waals surface area contributed by atoms with Crippen molar-refractivity contribution in [1.29, 1.82) is 0 Å². The Morgan fingerprint density at radius 1 is 0.824 bits per heavy atom. The minimum Gasteiger partial charge on any atom is -0.0920 e. The number of hydrogen-bond donors (Lipinski definition) is 0. The van der Waals surface area contributed by atoms with Gasteiger partial charge in [-0.3, -0.25) is 0 Å². The molecule has 2 unspecified atom stereocenters. The quantitative estimate of drug-likeness (QED) is 0.388. The molecule has 2 saturated carbocycles. The van der Waals surface area contributed by atoms with Gasteiger partial charge >= 0.3 is 0 Å². The minimum atomic E-state index is -0.0363. The summed E-state index contributed by atoms with van der Waals surface area (Å²) < 4.78 is 0. The van der Waals surface area contributed by atoms with Crippen molar-refractivity contribution in [3.63, 3.8) is 0 Å². The fourth-order valence-corrected chi connectivity index (χ4v) is 12.2. The zero-order chi connectivity index (χ0) is 23.9. The summed E-state index contributed by atoms with van der Waals surface area (Å²) in [6, 6.07) is 14.8. The normalized spacial score (nSPS) is 25.1. The molecule has 0 nitrogen and oxygen atoms in total. The van der Waals surface area contributed by atoms with Crippen LogP contribution in [0.2, 0.25) is 0 Å². The van der Waals surface area contributed by atoms with Crippen molar-refractivity contribution in [2.45, 2.75) is 134 Å². The van der Waals surface area contributed by atoms with Gasteiger partial charge in [0.05, 0.1) is 0 Å². The predicted molar refractivity (Wildman–Crippen MR) is 152 cm³/mol. The molecule has 2 aromatic rings. The highest BCUT2D eigenvalue weighted by Crippen LogP contribution is 2.70. The van der Waals surface area contributed by atoms with Crippen LogP contribution in [-0.4, -0.2) is 10.8 Å². The maximum absolute atomic E-state index is 2.67. The Labute approximate surface area is 211 Å². The Hall–Kier alpha value is -1.13. The summed E-state index contributed by atoms with van der Waals surface area (Å²) >= 11 is 0. The lowest BCUT2D eigenvalue weighted by Crippen LogP contribution is -2.40. The van der Waals surface area contributed by atoms with E-state index in [2.05, 4.69) is 71.0 Å². The Morgan fingerprint density at radius 3 is 2.18 bits per heavy atom. The number of rotatable bonds is 3. The van der Waals surface area contributed by atoms with E-state index in [0.717, 1.165) is 5.66 Å². The molecule has 2 fully saturated rings. The summed E-state index contributed by atoms with van der Waals surface area (Å²) in [6.07, 6.45) is 16.1. The summed E-state index contributed by atoms with van der Waals surface area (Å²) in [7, 11) is -0.0363. The van der Waals surface area contributed by atoms with E-state index in [4.69, 9.17) is 0 Å². The predicted octanol–water partition coefficient (Wildman–Crippen LogP) is 10.7. The van der Waals surface area contributed by atoms with Crippen LogP contribution in [-0.2, 0) is 6.16 Å². The van der Waals surface area contributed by atoms with E-state index < -0.39 is 0 Å². The molecule has 0 N–H and O–H groups in total. The second kappa shape index (κ2) is 10.1. The van der Waals surface area contributed by atoms with Gasteiger partial charge in [0.25, 0.3) is 0 Å². The Kier molecular flexibility index (Phi) is 7.29. The van der Waals surface area contributed by atoms with Gasteiger partial charge in [-0.15, -0.1) is 0 Å². The van der Waals surface area contributed by atoms with Gasteiger partial charge in [-0.2, -0.15) is 0 Å². The van der Waals surface area contributed by atoms with Crippen LogP contribution < -0.4 is 0 Å². The molecule has 1 heteroatoms. The van der Waals surface area contributed by atoms with E-state index in [0.29, 0.717) is 22.9 Å². The number of hydrogen-bond acceptors (Lipinski definition) is 0. The topological polar surface area (TPSA) is 0 Å². The third kappa shape index (κ3) is 4.32. The fourth-order valence-electron chi connectivity index (χ4n) is 7.70. The van der Waals surface area contributed by atoms with Crippen LogP contribution in [0.15, 0.2) is 36.4 Å². The molecule has 0 radical (unpaired) electrons. The van der Waals surface area contributed by atoms with Gasteiger partial charge in [-0.25, -0.2) is 0 Å². The van der Waals surface area contributed by atoms with E-state index in [-0.39, 0.29) is 7.92 Å². The van der Waals surface area contributed by atoms with Crippen molar-refractivity contribution in [3.05, 3.63) is 58.7 Å². The molecule has 2 aromatic carbocycles. The van der Waals surface area contributed by atoms with Crippen LogP contribution in [0.25, 0.3) is 11.1 Å². The van der Waals surface area contributed by atoms with Gasteiger partial charge in [-0.05, 0) is 93.8 Å². The smallest absolute Gasteiger partial charge is 0.00228 e. The zero-order valence-electron chi connectivity index (χ0n) is 22.5. The molecule has 1 aliphatic heterocycles. The summed E-state index contributed by atoms with van der Waals surface area (Å²) in [5.41, 5.74) is 10.7. The second-order valence-corrected chi connectivity index (χ2v) is 15.2. The average molecular weight is 475 g/mol. The first kappa shape index (κ1) is 24.6. The monoisotopic (exact) mass is 474 g/mol. The first-order chi connectivity index (χ1) is 16.4. The van der Waals surface area contributed by atoms with Crippen molar-refractivity contribution < 1.29 is 0 Å². The molecular weight excluding hydrogens is 427 g/mol. The van der Waals surface area contributed by atoms with Gasteiger partial charge < -0.3 is 0 Å². The molecule has 0 amide bonds. The van der Waals surface area contributed by atoms with Crippen LogP contribution >= 0.6 is 7.92 Å². The highest BCUT2D eigenvalue weighted by atomic mass is 31.1. The maximum Gasteiger partial charge on any atom is -0.00228 e. The van der Waals surface area contributed by atoms with Crippen molar-refractivity contribution in [1.82, 2.24) is 0 Å². The van der Waals surface area contributed by atoms with Gasteiger partial charge in [0.15, 0.2) is 0 Å². The minimum absolute atomic E-state index is 0.0363. The standard InChI is InChI=1S/C33H47P/c1-23(2)27-20-30(24(3)4)32-29-17-11-10-14-26(29)22-34(28-15-8-6-9-16-28)33(18-12-7-13-19-33)25(5)31(32)21-27/h10-11,14,17,20-21,23-25,28H,6-9,12-13,15-16,18-19,22H2,1-5H3. The first-order valence-corrected chi connectivity index (χ1v) is 16.0. The molecule has 0 saturated heterocycles. The van der Waals surface area contributed by atoms with Crippen LogP contribution in [0.5, 0.6) is 0 Å². The first-order valence-electron chi connectivity index (χ1n) is 14.4. The van der Waals surface area contributed by atoms with Crippen molar-refractivity contribution in [2.75, 3.05) is 0 Å². The highest BCUT2D eigenvalue weighted by molar-refractivity contribution is 7.59. The molecule has 1 heterocycles. The SMILES string of the molecule is CC(C)c1cc(C(C)C)c2c(c1)C(C)C1(CCCCC1)P(C1CCCCC1)Cc1ccccc1-2. The highest BCUT2D eigenvalue weighted by Gasteiger charge is 2.49. The van der Waals surface area contributed by atoms with Crippen LogP contribution in [0.4, 0.5) is 0 Å². The zero-order valence-corrected chi connectivity index (χ0v) is 23.4. The average Bonchev–Trinajstić information content (AvgIpc) is 2.86. The van der Waals surface area contributed by atoms with Crippen LogP contribution in [0.1, 0.15) is 139 Å². The molecule has 0 bridgehead atoms. The van der Waals surface area contributed by atoms with E-state index in [1.807, 2.05) is 0 Å². The number of benzene rings is 2.